The number of methoxy groups -OCH3 is 1. The highest BCUT2D eigenvalue weighted by Crippen LogP contribution is 2.43. The zero-order valence-electron chi connectivity index (χ0n) is 14.7. The summed E-state index contributed by atoms with van der Waals surface area (Å²) in [5, 5.41) is 9.38. The van der Waals surface area contributed by atoms with Gasteiger partial charge in [-0.3, -0.25) is 4.79 Å². The fraction of sp³-hybridized carbons (Fsp3) is 0.600. The van der Waals surface area contributed by atoms with Gasteiger partial charge in [0.2, 0.25) is 0 Å². The standard InChI is InChI=1S/C20H26O5/c1-24-17-9-8-15(11-18(17)25-16-6-2-3-7-16)20(13-21)10-4-5-14(12-20)19(22)23/h8-9,11,13-14,16H,2-7,10,12H2,1H3,(H,22,23)/t14-,20-/m0/s1. The van der Waals surface area contributed by atoms with E-state index < -0.39 is 17.3 Å². The van der Waals surface area contributed by atoms with Crippen molar-refractivity contribution < 1.29 is 24.2 Å². The Morgan fingerprint density at radius 2 is 1.96 bits per heavy atom. The van der Waals surface area contributed by atoms with Crippen molar-refractivity contribution >= 4 is 12.3 Å². The van der Waals surface area contributed by atoms with Crippen LogP contribution in [0.1, 0.15) is 56.9 Å². The summed E-state index contributed by atoms with van der Waals surface area (Å²) in [4.78, 5) is 23.4. The molecule has 2 fully saturated rings. The third kappa shape index (κ3) is 3.65. The second-order valence-corrected chi connectivity index (χ2v) is 7.30. The lowest BCUT2D eigenvalue weighted by Crippen LogP contribution is -2.37. The number of hydrogen-bond acceptors (Lipinski definition) is 4. The summed E-state index contributed by atoms with van der Waals surface area (Å²) in [5.41, 5.74) is 0.0868. The summed E-state index contributed by atoms with van der Waals surface area (Å²) in [5.74, 6) is 0.0231. The van der Waals surface area contributed by atoms with Gasteiger partial charge in [-0.15, -0.1) is 0 Å². The minimum Gasteiger partial charge on any atom is -0.493 e. The number of carbonyl (C=O) groups is 2. The van der Waals surface area contributed by atoms with Crippen molar-refractivity contribution in [2.75, 3.05) is 7.11 Å². The number of hydrogen-bond donors (Lipinski definition) is 1. The van der Waals surface area contributed by atoms with Gasteiger partial charge >= 0.3 is 5.97 Å². The average molecular weight is 346 g/mol. The molecule has 2 atom stereocenters. The van der Waals surface area contributed by atoms with Crippen molar-refractivity contribution in [2.24, 2.45) is 5.92 Å². The van der Waals surface area contributed by atoms with Gasteiger partial charge in [-0.1, -0.05) is 12.5 Å². The normalized spacial score (nSPS) is 27.0. The van der Waals surface area contributed by atoms with E-state index in [9.17, 15) is 14.7 Å². The summed E-state index contributed by atoms with van der Waals surface area (Å²) >= 11 is 0. The van der Waals surface area contributed by atoms with Crippen LogP contribution < -0.4 is 9.47 Å². The van der Waals surface area contributed by atoms with E-state index in [1.807, 2.05) is 18.2 Å². The Bertz CT molecular complexity index is 635. The Kier molecular flexibility index (Phi) is 5.30. The molecule has 2 aliphatic carbocycles. The first-order chi connectivity index (χ1) is 12.1. The first-order valence-corrected chi connectivity index (χ1v) is 9.12. The lowest BCUT2D eigenvalue weighted by atomic mass is 9.66. The van der Waals surface area contributed by atoms with Crippen molar-refractivity contribution in [3.8, 4) is 11.5 Å². The summed E-state index contributed by atoms with van der Waals surface area (Å²) in [6.45, 7) is 0. The Morgan fingerprint density at radius 1 is 1.20 bits per heavy atom. The predicted octanol–water partition coefficient (Wildman–Crippen LogP) is 3.73. The minimum absolute atomic E-state index is 0.189. The predicted molar refractivity (Wildman–Crippen MR) is 93.2 cm³/mol. The molecule has 0 spiro atoms. The van der Waals surface area contributed by atoms with Crippen molar-refractivity contribution in [2.45, 2.75) is 62.9 Å². The van der Waals surface area contributed by atoms with Gasteiger partial charge < -0.3 is 19.4 Å². The minimum atomic E-state index is -0.818. The summed E-state index contributed by atoms with van der Waals surface area (Å²) < 4.78 is 11.6. The van der Waals surface area contributed by atoms with E-state index in [-0.39, 0.29) is 6.10 Å². The molecule has 0 unspecified atom stereocenters. The van der Waals surface area contributed by atoms with Gasteiger partial charge in [-0.25, -0.2) is 0 Å². The second-order valence-electron chi connectivity index (χ2n) is 7.30. The van der Waals surface area contributed by atoms with Crippen LogP contribution >= 0.6 is 0 Å². The molecule has 25 heavy (non-hydrogen) atoms. The molecular weight excluding hydrogens is 320 g/mol. The third-order valence-electron chi connectivity index (χ3n) is 5.70. The van der Waals surface area contributed by atoms with Crippen LogP contribution in [0.2, 0.25) is 0 Å². The van der Waals surface area contributed by atoms with Crippen molar-refractivity contribution in [3.63, 3.8) is 0 Å². The monoisotopic (exact) mass is 346 g/mol. The maximum Gasteiger partial charge on any atom is 0.306 e. The van der Waals surface area contributed by atoms with E-state index in [0.717, 1.165) is 31.1 Å². The zero-order valence-corrected chi connectivity index (χ0v) is 14.7. The fourth-order valence-electron chi connectivity index (χ4n) is 4.22. The first-order valence-electron chi connectivity index (χ1n) is 9.12. The molecule has 3 rings (SSSR count). The molecule has 2 aliphatic rings. The molecule has 5 heteroatoms. The maximum absolute atomic E-state index is 12.0. The summed E-state index contributed by atoms with van der Waals surface area (Å²) in [6.07, 6.45) is 7.93. The number of benzene rings is 1. The quantitative estimate of drug-likeness (QED) is 0.795. The van der Waals surface area contributed by atoms with E-state index in [0.29, 0.717) is 30.8 Å². The van der Waals surface area contributed by atoms with Crippen LogP contribution in [0.4, 0.5) is 0 Å². The van der Waals surface area contributed by atoms with Gasteiger partial charge in [0.15, 0.2) is 11.5 Å². The molecule has 5 nitrogen and oxygen atoms in total. The molecule has 1 aromatic rings. The smallest absolute Gasteiger partial charge is 0.306 e. The summed E-state index contributed by atoms with van der Waals surface area (Å²) in [6, 6.07) is 5.59. The number of carboxylic acid groups (broad SMARTS) is 1. The van der Waals surface area contributed by atoms with Crippen LogP contribution in [0, 0.1) is 5.92 Å². The number of carbonyl (C=O) groups excluding carboxylic acids is 1. The number of ether oxygens (including phenoxy) is 2. The molecule has 0 aliphatic heterocycles. The number of aliphatic carboxylic acids is 1. The second kappa shape index (κ2) is 7.46. The Hall–Kier alpha value is -2.04. The lowest BCUT2D eigenvalue weighted by Gasteiger charge is -2.36. The van der Waals surface area contributed by atoms with Gasteiger partial charge in [0.1, 0.15) is 6.29 Å². The van der Waals surface area contributed by atoms with E-state index in [4.69, 9.17) is 9.47 Å². The van der Waals surface area contributed by atoms with Crippen LogP contribution in [-0.4, -0.2) is 30.6 Å². The highest BCUT2D eigenvalue weighted by atomic mass is 16.5. The highest BCUT2D eigenvalue weighted by molar-refractivity contribution is 5.75. The Labute approximate surface area is 148 Å². The molecule has 136 valence electrons. The number of carboxylic acids is 1. The molecule has 0 aromatic heterocycles. The van der Waals surface area contributed by atoms with E-state index in [2.05, 4.69) is 0 Å². The van der Waals surface area contributed by atoms with Gasteiger partial charge in [0.25, 0.3) is 0 Å². The first kappa shape index (κ1) is 17.8. The van der Waals surface area contributed by atoms with Gasteiger partial charge in [-0.05, 0) is 62.6 Å². The number of aldehydes is 1. The van der Waals surface area contributed by atoms with Gasteiger partial charge in [0.05, 0.1) is 24.5 Å². The van der Waals surface area contributed by atoms with E-state index in [1.165, 1.54) is 12.8 Å². The zero-order chi connectivity index (χ0) is 17.9. The summed E-state index contributed by atoms with van der Waals surface area (Å²) in [7, 11) is 1.60. The molecule has 0 saturated heterocycles. The largest absolute Gasteiger partial charge is 0.493 e. The molecule has 1 aromatic carbocycles. The number of rotatable bonds is 6. The molecule has 1 N–H and O–H groups in total. The van der Waals surface area contributed by atoms with E-state index in [1.54, 1.807) is 7.11 Å². The van der Waals surface area contributed by atoms with Crippen molar-refractivity contribution in [3.05, 3.63) is 23.8 Å². The molecule has 0 amide bonds. The van der Waals surface area contributed by atoms with Crippen LogP contribution in [0.5, 0.6) is 11.5 Å². The van der Waals surface area contributed by atoms with Crippen LogP contribution in [0.25, 0.3) is 0 Å². The Balaban J connectivity index is 1.91. The van der Waals surface area contributed by atoms with Gasteiger partial charge in [0, 0.05) is 0 Å². The maximum atomic E-state index is 12.0. The fourth-order valence-corrected chi connectivity index (χ4v) is 4.22. The van der Waals surface area contributed by atoms with Crippen molar-refractivity contribution in [1.29, 1.82) is 0 Å². The molecule has 0 bridgehead atoms. The van der Waals surface area contributed by atoms with Crippen LogP contribution in [0.15, 0.2) is 18.2 Å². The van der Waals surface area contributed by atoms with E-state index >= 15 is 0 Å². The van der Waals surface area contributed by atoms with Crippen LogP contribution in [-0.2, 0) is 15.0 Å². The van der Waals surface area contributed by atoms with Gasteiger partial charge in [-0.2, -0.15) is 0 Å². The topological polar surface area (TPSA) is 72.8 Å². The third-order valence-corrected chi connectivity index (χ3v) is 5.70. The molecule has 0 heterocycles. The molecular formula is C20H26O5. The molecule has 2 saturated carbocycles. The molecule has 0 radical (unpaired) electrons. The Morgan fingerprint density at radius 3 is 2.60 bits per heavy atom. The lowest BCUT2D eigenvalue weighted by molar-refractivity contribution is -0.143. The van der Waals surface area contributed by atoms with Crippen molar-refractivity contribution in [1.82, 2.24) is 0 Å². The average Bonchev–Trinajstić information content (AvgIpc) is 3.14. The van der Waals surface area contributed by atoms with Crippen LogP contribution in [0.3, 0.4) is 0 Å². The SMILES string of the molecule is COc1ccc([C@@]2(C=O)CCC[C@H](C(=O)O)C2)cc1OC1CCCC1. The highest BCUT2D eigenvalue weighted by Gasteiger charge is 2.40.